The topological polar surface area (TPSA) is 115 Å². The summed E-state index contributed by atoms with van der Waals surface area (Å²) in [6.07, 6.45) is 27.6. The molecule has 0 spiro atoms. The Kier molecular flexibility index (Phi) is 25.3. The molecule has 7 nitrogen and oxygen atoms in total. The van der Waals surface area contributed by atoms with Crippen molar-refractivity contribution in [1.29, 1.82) is 0 Å². The van der Waals surface area contributed by atoms with E-state index < -0.39 is 35.7 Å². The minimum atomic E-state index is -1.07. The summed E-state index contributed by atoms with van der Waals surface area (Å²) in [7, 11) is 0. The van der Waals surface area contributed by atoms with Crippen LogP contribution in [0.1, 0.15) is 156 Å². The summed E-state index contributed by atoms with van der Waals surface area (Å²) in [5, 5.41) is 30.3. The van der Waals surface area contributed by atoms with Crippen molar-refractivity contribution in [2.75, 3.05) is 26.2 Å². The minimum absolute atomic E-state index is 0.444. The number of hydrogen-bond acceptors (Lipinski definition) is 4. The Bertz CT molecular complexity index is 692. The monoisotopic (exact) mass is 609 g/mol. The lowest BCUT2D eigenvalue weighted by Gasteiger charge is -2.41. The van der Waals surface area contributed by atoms with Gasteiger partial charge in [-0.25, -0.2) is 0 Å². The van der Waals surface area contributed by atoms with E-state index in [2.05, 4.69) is 19.1 Å². The van der Waals surface area contributed by atoms with Gasteiger partial charge >= 0.3 is 11.9 Å². The number of carboxylic acids is 3. The zero-order valence-corrected chi connectivity index (χ0v) is 28.3. The second-order valence-corrected chi connectivity index (χ2v) is 13.3. The first kappa shape index (κ1) is 41.1. The van der Waals surface area contributed by atoms with Crippen LogP contribution in [0, 0.1) is 17.8 Å². The number of unbranched alkanes of at least 4 members (excludes halogenated alkanes) is 15. The van der Waals surface area contributed by atoms with Crippen molar-refractivity contribution in [2.45, 2.75) is 156 Å². The van der Waals surface area contributed by atoms with Crippen LogP contribution in [0.15, 0.2) is 12.2 Å². The van der Waals surface area contributed by atoms with Gasteiger partial charge in [-0.2, -0.15) is 0 Å². The summed E-state index contributed by atoms with van der Waals surface area (Å²) in [5.74, 6) is -4.32. The van der Waals surface area contributed by atoms with Gasteiger partial charge in [-0.05, 0) is 38.5 Å². The third-order valence-electron chi connectivity index (χ3n) is 9.25. The Balaban J connectivity index is 4.47. The average Bonchev–Trinajstić information content (AvgIpc) is 2.97. The summed E-state index contributed by atoms with van der Waals surface area (Å²) < 4.78 is 0.583. The summed E-state index contributed by atoms with van der Waals surface area (Å²) in [6.45, 7) is 9.98. The quantitative estimate of drug-likeness (QED) is 0.0467. The fraction of sp³-hybridized carbons (Fsp3) is 0.861. The van der Waals surface area contributed by atoms with Crippen molar-refractivity contribution in [1.82, 2.24) is 0 Å². The van der Waals surface area contributed by atoms with Crippen LogP contribution in [0.3, 0.4) is 0 Å². The van der Waals surface area contributed by atoms with E-state index in [0.29, 0.717) is 43.4 Å². The van der Waals surface area contributed by atoms with Gasteiger partial charge in [-0.1, -0.05) is 110 Å². The number of allylic oxidation sites excluding steroid dienone is 2. The largest absolute Gasteiger partial charge is 0.550 e. The van der Waals surface area contributed by atoms with E-state index in [9.17, 15) is 29.7 Å². The van der Waals surface area contributed by atoms with Crippen molar-refractivity contribution in [2.24, 2.45) is 17.8 Å². The minimum Gasteiger partial charge on any atom is -0.550 e. The Morgan fingerprint density at radius 3 is 1.28 bits per heavy atom. The normalized spacial score (nSPS) is 15.3. The lowest BCUT2D eigenvalue weighted by molar-refractivity contribution is -0.929. The van der Waals surface area contributed by atoms with Crippen LogP contribution < -0.4 is 5.11 Å². The molecule has 2 N–H and O–H groups in total. The van der Waals surface area contributed by atoms with Gasteiger partial charge in [0, 0.05) is 31.1 Å². The van der Waals surface area contributed by atoms with Crippen LogP contribution in [0.5, 0.6) is 0 Å². The summed E-state index contributed by atoms with van der Waals surface area (Å²) in [5.41, 5.74) is 0. The SMILES string of the molecule is CCCCCCCCC/C=C/CCCCCCCCCC[N+](CCC(C)C(=O)[O-])(CCC(C)C(=O)O)CCC(C)C(=O)O. The molecule has 0 aromatic carbocycles. The summed E-state index contributed by atoms with van der Waals surface area (Å²) in [4.78, 5) is 34.4. The number of carboxylic acid groups (broad SMARTS) is 3. The Labute approximate surface area is 264 Å². The fourth-order valence-electron chi connectivity index (χ4n) is 5.66. The van der Waals surface area contributed by atoms with Crippen molar-refractivity contribution in [3.63, 3.8) is 0 Å². The maximum Gasteiger partial charge on any atom is 0.306 e. The molecule has 0 aliphatic rings. The molecule has 0 saturated heterocycles. The third-order valence-corrected chi connectivity index (χ3v) is 9.25. The van der Waals surface area contributed by atoms with Crippen molar-refractivity contribution in [3.05, 3.63) is 12.2 Å². The van der Waals surface area contributed by atoms with Gasteiger partial charge in [0.05, 0.1) is 38.0 Å². The highest BCUT2D eigenvalue weighted by Gasteiger charge is 2.30. The van der Waals surface area contributed by atoms with Gasteiger partial charge in [0.25, 0.3) is 0 Å². The van der Waals surface area contributed by atoms with Gasteiger partial charge in [0.15, 0.2) is 0 Å². The molecule has 0 saturated carbocycles. The molecule has 0 aliphatic heterocycles. The van der Waals surface area contributed by atoms with Crippen LogP contribution in [0.2, 0.25) is 0 Å². The van der Waals surface area contributed by atoms with Crippen LogP contribution in [-0.4, -0.2) is 58.8 Å². The average molecular weight is 610 g/mol. The lowest BCUT2D eigenvalue weighted by atomic mass is 10.0. The number of rotatable bonds is 31. The van der Waals surface area contributed by atoms with E-state index in [1.165, 1.54) is 89.9 Å². The van der Waals surface area contributed by atoms with E-state index in [-0.39, 0.29) is 0 Å². The van der Waals surface area contributed by atoms with Gasteiger partial charge in [0.2, 0.25) is 0 Å². The second-order valence-electron chi connectivity index (χ2n) is 13.3. The predicted molar refractivity (Wildman–Crippen MR) is 175 cm³/mol. The van der Waals surface area contributed by atoms with E-state index in [4.69, 9.17) is 0 Å². The van der Waals surface area contributed by atoms with Gasteiger partial charge in [0.1, 0.15) is 0 Å². The van der Waals surface area contributed by atoms with Gasteiger partial charge in [-0.3, -0.25) is 9.59 Å². The van der Waals surface area contributed by atoms with Crippen molar-refractivity contribution >= 4 is 17.9 Å². The first-order valence-electron chi connectivity index (χ1n) is 17.7. The number of nitrogens with zero attached hydrogens (tertiary/aromatic N) is 1. The zero-order chi connectivity index (χ0) is 32.3. The van der Waals surface area contributed by atoms with Crippen LogP contribution in [0.4, 0.5) is 0 Å². The molecular formula is C36H67NO6. The van der Waals surface area contributed by atoms with Crippen LogP contribution >= 0.6 is 0 Å². The fourth-order valence-corrected chi connectivity index (χ4v) is 5.66. The Morgan fingerprint density at radius 2 is 0.907 bits per heavy atom. The molecule has 0 heterocycles. The highest BCUT2D eigenvalue weighted by molar-refractivity contribution is 5.69. The molecule has 3 unspecified atom stereocenters. The molecule has 7 heteroatoms. The number of carbonyl (C=O) groups excluding carboxylic acids is 1. The van der Waals surface area contributed by atoms with Gasteiger partial charge in [-0.15, -0.1) is 0 Å². The number of hydrogen-bond donors (Lipinski definition) is 2. The number of quaternary nitrogens is 1. The smallest absolute Gasteiger partial charge is 0.306 e. The molecule has 43 heavy (non-hydrogen) atoms. The molecule has 0 aliphatic carbocycles. The molecule has 0 radical (unpaired) electrons. The first-order valence-corrected chi connectivity index (χ1v) is 17.7. The van der Waals surface area contributed by atoms with E-state index in [1.54, 1.807) is 20.8 Å². The van der Waals surface area contributed by atoms with E-state index in [0.717, 1.165) is 25.8 Å². The first-order chi connectivity index (χ1) is 20.5. The molecule has 0 rings (SSSR count). The number of aliphatic carboxylic acids is 3. The maximum absolute atomic E-state index is 11.5. The highest BCUT2D eigenvalue weighted by atomic mass is 16.4. The zero-order valence-electron chi connectivity index (χ0n) is 28.3. The highest BCUT2D eigenvalue weighted by Crippen LogP contribution is 2.22. The summed E-state index contributed by atoms with van der Waals surface area (Å²) >= 11 is 0. The molecular weight excluding hydrogens is 542 g/mol. The molecule has 252 valence electrons. The van der Waals surface area contributed by atoms with Gasteiger partial charge < -0.3 is 24.6 Å². The van der Waals surface area contributed by atoms with E-state index >= 15 is 0 Å². The third kappa shape index (κ3) is 23.2. The van der Waals surface area contributed by atoms with Crippen molar-refractivity contribution < 1.29 is 34.2 Å². The number of carbonyl (C=O) groups is 3. The standard InChI is InChI=1S/C36H67NO6/c1-5-6-7-8-9-10-11-12-13-14-15-16-17-18-19-20-21-22-23-27-37(28-24-31(2)34(38)39,29-25-32(3)35(40)41)30-26-33(4)36(42)43/h13-14,31-33H,5-12,15-30H2,1-4H3,(H2-,38,39,40,41,42,43)/b14-13+. The van der Waals surface area contributed by atoms with Crippen LogP contribution in [0.25, 0.3) is 0 Å². The summed E-state index contributed by atoms with van der Waals surface area (Å²) in [6, 6.07) is 0. The Hall–Kier alpha value is -1.89. The van der Waals surface area contributed by atoms with Crippen LogP contribution in [-0.2, 0) is 14.4 Å². The van der Waals surface area contributed by atoms with Crippen molar-refractivity contribution in [3.8, 4) is 0 Å². The molecule has 0 aromatic heterocycles. The predicted octanol–water partition coefficient (Wildman–Crippen LogP) is 8.01. The lowest BCUT2D eigenvalue weighted by Crippen LogP contribution is -2.52. The Morgan fingerprint density at radius 1 is 0.558 bits per heavy atom. The second kappa shape index (κ2) is 26.5. The molecule has 0 fully saturated rings. The molecule has 3 atom stereocenters. The van der Waals surface area contributed by atoms with E-state index in [1.807, 2.05) is 0 Å². The molecule has 0 aromatic rings. The molecule has 0 bridgehead atoms. The maximum atomic E-state index is 11.5. The molecule has 0 amide bonds.